The molecule has 2 rings (SSSR count). The van der Waals surface area contributed by atoms with Crippen molar-refractivity contribution in [2.24, 2.45) is 0 Å². The van der Waals surface area contributed by atoms with Crippen molar-refractivity contribution in [1.82, 2.24) is 9.97 Å². The van der Waals surface area contributed by atoms with Crippen molar-refractivity contribution in [2.45, 2.75) is 18.9 Å². The van der Waals surface area contributed by atoms with E-state index >= 15 is 0 Å². The zero-order valence-electron chi connectivity index (χ0n) is 7.76. The molecule has 1 aliphatic rings. The first kappa shape index (κ1) is 9.15. The second kappa shape index (κ2) is 4.19. The van der Waals surface area contributed by atoms with E-state index in [4.69, 9.17) is 4.74 Å². The third-order valence-electron chi connectivity index (χ3n) is 2.13. The van der Waals surface area contributed by atoms with Crippen LogP contribution in [0.5, 0.6) is 0 Å². The molecule has 0 spiro atoms. The number of aromatic nitrogens is 2. The average molecular weight is 192 g/mol. The molecule has 1 aromatic rings. The summed E-state index contributed by atoms with van der Waals surface area (Å²) in [6, 6.07) is 0. The van der Waals surface area contributed by atoms with Crippen molar-refractivity contribution in [1.29, 1.82) is 0 Å². The largest absolute Gasteiger partial charge is 0.495 e. The van der Waals surface area contributed by atoms with E-state index < -0.39 is 6.10 Å². The zero-order valence-corrected chi connectivity index (χ0v) is 7.76. The fraction of sp³-hybridized carbons (Fsp3) is 0.400. The van der Waals surface area contributed by atoms with Crippen LogP contribution in [0.15, 0.2) is 30.6 Å². The van der Waals surface area contributed by atoms with Gasteiger partial charge in [-0.3, -0.25) is 0 Å². The van der Waals surface area contributed by atoms with Gasteiger partial charge in [-0.05, 0) is 18.9 Å². The Bertz CT molecular complexity index is 324. The molecule has 0 saturated heterocycles. The number of allylic oxidation sites excluding steroid dienone is 1. The van der Waals surface area contributed by atoms with Crippen LogP contribution in [0.25, 0.3) is 0 Å². The fourth-order valence-electron chi connectivity index (χ4n) is 1.38. The lowest BCUT2D eigenvalue weighted by atomic mass is 10.1. The smallest absolute Gasteiger partial charge is 0.139 e. The first-order valence-electron chi connectivity index (χ1n) is 4.64. The molecule has 0 aromatic carbocycles. The number of ether oxygens (including phenoxy) is 1. The van der Waals surface area contributed by atoms with E-state index in [0.29, 0.717) is 17.9 Å². The van der Waals surface area contributed by atoms with Crippen LogP contribution in [-0.4, -0.2) is 21.7 Å². The monoisotopic (exact) mass is 192 g/mol. The molecule has 0 aliphatic carbocycles. The van der Waals surface area contributed by atoms with Gasteiger partial charge in [0.2, 0.25) is 0 Å². The predicted molar refractivity (Wildman–Crippen MR) is 50.3 cm³/mol. The summed E-state index contributed by atoms with van der Waals surface area (Å²) >= 11 is 0. The molecule has 14 heavy (non-hydrogen) atoms. The van der Waals surface area contributed by atoms with Crippen LogP contribution in [0.2, 0.25) is 0 Å². The Hall–Kier alpha value is -1.42. The highest BCUT2D eigenvalue weighted by Gasteiger charge is 2.17. The van der Waals surface area contributed by atoms with E-state index in [9.17, 15) is 5.11 Å². The highest BCUT2D eigenvalue weighted by Crippen LogP contribution is 2.24. The van der Waals surface area contributed by atoms with E-state index in [-0.39, 0.29) is 0 Å². The molecule has 1 aliphatic heterocycles. The summed E-state index contributed by atoms with van der Waals surface area (Å²) < 4.78 is 5.35. The predicted octanol–water partition coefficient (Wildman–Crippen LogP) is 1.20. The second-order valence-corrected chi connectivity index (χ2v) is 3.17. The fourth-order valence-corrected chi connectivity index (χ4v) is 1.38. The van der Waals surface area contributed by atoms with Gasteiger partial charge in [0.1, 0.15) is 18.2 Å². The van der Waals surface area contributed by atoms with Crippen molar-refractivity contribution in [3.05, 3.63) is 36.1 Å². The Morgan fingerprint density at radius 1 is 1.36 bits per heavy atom. The van der Waals surface area contributed by atoms with Crippen molar-refractivity contribution in [3.8, 4) is 0 Å². The van der Waals surface area contributed by atoms with Crippen LogP contribution in [0.1, 0.15) is 24.5 Å². The summed E-state index contributed by atoms with van der Waals surface area (Å²) in [4.78, 5) is 7.69. The molecule has 0 amide bonds. The standard InChI is InChI=1S/C10H12N2O2/c13-10(8-5-11-7-12-6-8)9-3-1-2-4-14-9/h3,5-7,10,13H,1-2,4H2. The summed E-state index contributed by atoms with van der Waals surface area (Å²) in [5, 5.41) is 9.87. The Kier molecular flexibility index (Phi) is 2.74. The normalized spacial score (nSPS) is 18.2. The van der Waals surface area contributed by atoms with E-state index in [1.54, 1.807) is 12.4 Å². The van der Waals surface area contributed by atoms with E-state index in [2.05, 4.69) is 9.97 Å². The summed E-state index contributed by atoms with van der Waals surface area (Å²) in [7, 11) is 0. The van der Waals surface area contributed by atoms with Gasteiger partial charge in [-0.25, -0.2) is 9.97 Å². The molecule has 1 aromatic heterocycles. The minimum absolute atomic E-state index is 0.617. The molecule has 4 heteroatoms. The average Bonchev–Trinajstić information content (AvgIpc) is 2.30. The molecule has 1 atom stereocenters. The van der Waals surface area contributed by atoms with Gasteiger partial charge in [0.25, 0.3) is 0 Å². The SMILES string of the molecule is OC(C1=CCCCO1)c1cncnc1. The third-order valence-corrected chi connectivity index (χ3v) is 2.13. The van der Waals surface area contributed by atoms with Gasteiger partial charge < -0.3 is 9.84 Å². The molecular weight excluding hydrogens is 180 g/mol. The van der Waals surface area contributed by atoms with E-state index in [1.807, 2.05) is 6.08 Å². The first-order valence-corrected chi connectivity index (χ1v) is 4.64. The lowest BCUT2D eigenvalue weighted by Crippen LogP contribution is -2.10. The van der Waals surface area contributed by atoms with Crippen molar-refractivity contribution in [2.75, 3.05) is 6.61 Å². The summed E-state index contributed by atoms with van der Waals surface area (Å²) in [6.07, 6.45) is 7.79. The minimum Gasteiger partial charge on any atom is -0.495 e. The molecule has 0 fully saturated rings. The van der Waals surface area contributed by atoms with Crippen molar-refractivity contribution < 1.29 is 9.84 Å². The maximum Gasteiger partial charge on any atom is 0.139 e. The van der Waals surface area contributed by atoms with Crippen LogP contribution in [0, 0.1) is 0 Å². The summed E-state index contributed by atoms with van der Waals surface area (Å²) in [5.41, 5.74) is 0.667. The molecule has 2 heterocycles. The number of hydrogen-bond donors (Lipinski definition) is 1. The van der Waals surface area contributed by atoms with Crippen LogP contribution >= 0.6 is 0 Å². The van der Waals surface area contributed by atoms with Gasteiger partial charge in [-0.1, -0.05) is 0 Å². The van der Waals surface area contributed by atoms with Crippen LogP contribution in [0.4, 0.5) is 0 Å². The van der Waals surface area contributed by atoms with Gasteiger partial charge in [0.05, 0.1) is 6.61 Å². The molecule has 0 saturated carbocycles. The number of aliphatic hydroxyl groups is 1. The Morgan fingerprint density at radius 3 is 2.79 bits per heavy atom. The highest BCUT2D eigenvalue weighted by atomic mass is 16.5. The molecule has 1 N–H and O–H groups in total. The van der Waals surface area contributed by atoms with Gasteiger partial charge in [-0.15, -0.1) is 0 Å². The molecule has 0 radical (unpaired) electrons. The number of aliphatic hydroxyl groups excluding tert-OH is 1. The lowest BCUT2D eigenvalue weighted by molar-refractivity contribution is 0.0914. The van der Waals surface area contributed by atoms with Crippen molar-refractivity contribution in [3.63, 3.8) is 0 Å². The first-order chi connectivity index (χ1) is 6.88. The third kappa shape index (κ3) is 1.90. The van der Waals surface area contributed by atoms with E-state index in [1.165, 1.54) is 6.33 Å². The Morgan fingerprint density at radius 2 is 2.14 bits per heavy atom. The number of rotatable bonds is 2. The number of hydrogen-bond acceptors (Lipinski definition) is 4. The van der Waals surface area contributed by atoms with Gasteiger partial charge in [0.15, 0.2) is 0 Å². The Balaban J connectivity index is 2.15. The second-order valence-electron chi connectivity index (χ2n) is 3.17. The Labute approximate surface area is 82.3 Å². The van der Waals surface area contributed by atoms with Gasteiger partial charge in [-0.2, -0.15) is 0 Å². The zero-order chi connectivity index (χ0) is 9.80. The van der Waals surface area contributed by atoms with Gasteiger partial charge >= 0.3 is 0 Å². The van der Waals surface area contributed by atoms with E-state index in [0.717, 1.165) is 12.8 Å². The highest BCUT2D eigenvalue weighted by molar-refractivity contribution is 5.17. The van der Waals surface area contributed by atoms with Crippen LogP contribution < -0.4 is 0 Å². The number of nitrogens with zero attached hydrogens (tertiary/aromatic N) is 2. The molecule has 74 valence electrons. The minimum atomic E-state index is -0.725. The van der Waals surface area contributed by atoms with Crippen molar-refractivity contribution >= 4 is 0 Å². The summed E-state index contributed by atoms with van der Waals surface area (Å²) in [5.74, 6) is 0.617. The maximum absolute atomic E-state index is 9.87. The maximum atomic E-state index is 9.87. The van der Waals surface area contributed by atoms with Crippen LogP contribution in [-0.2, 0) is 4.74 Å². The molecule has 4 nitrogen and oxygen atoms in total. The van der Waals surface area contributed by atoms with Gasteiger partial charge in [0, 0.05) is 18.0 Å². The summed E-state index contributed by atoms with van der Waals surface area (Å²) in [6.45, 7) is 0.677. The lowest BCUT2D eigenvalue weighted by Gasteiger charge is -2.19. The quantitative estimate of drug-likeness (QED) is 0.765. The molecule has 1 unspecified atom stereocenters. The molecule has 0 bridgehead atoms. The topological polar surface area (TPSA) is 55.2 Å². The molecular formula is C10H12N2O2. The van der Waals surface area contributed by atoms with Crippen LogP contribution in [0.3, 0.4) is 0 Å².